The Morgan fingerprint density at radius 2 is 1.88 bits per heavy atom. The van der Waals surface area contributed by atoms with Gasteiger partial charge in [-0.15, -0.1) is 11.8 Å². The van der Waals surface area contributed by atoms with Crippen LogP contribution in [0.5, 0.6) is 0 Å². The number of urea groups is 1. The summed E-state index contributed by atoms with van der Waals surface area (Å²) in [5.74, 6) is -0.310. The number of benzene rings is 1. The predicted octanol–water partition coefficient (Wildman–Crippen LogP) is 2.00. The quantitative estimate of drug-likeness (QED) is 0.695. The van der Waals surface area contributed by atoms with Gasteiger partial charge in [0.1, 0.15) is 18.1 Å². The normalized spacial score (nSPS) is 22.4. The molecule has 32 heavy (non-hydrogen) atoms. The molecule has 9 nitrogen and oxygen atoms in total. The highest BCUT2D eigenvalue weighted by Crippen LogP contribution is 2.39. The number of rotatable bonds is 4. The highest BCUT2D eigenvalue weighted by molar-refractivity contribution is 7.99. The van der Waals surface area contributed by atoms with Gasteiger partial charge in [-0.2, -0.15) is 5.26 Å². The Labute approximate surface area is 190 Å². The van der Waals surface area contributed by atoms with Gasteiger partial charge in [-0.05, 0) is 37.1 Å². The maximum atomic E-state index is 13.1. The van der Waals surface area contributed by atoms with Crippen molar-refractivity contribution in [2.45, 2.75) is 43.7 Å². The first kappa shape index (κ1) is 22.1. The van der Waals surface area contributed by atoms with Crippen molar-refractivity contribution < 1.29 is 19.2 Å². The van der Waals surface area contributed by atoms with E-state index < -0.39 is 23.5 Å². The van der Waals surface area contributed by atoms with Gasteiger partial charge < -0.3 is 15.1 Å². The van der Waals surface area contributed by atoms with E-state index in [-0.39, 0.29) is 18.4 Å². The number of likely N-dealkylation sites (N-methyl/N-ethyl adjacent to an activating group) is 1. The predicted molar refractivity (Wildman–Crippen MR) is 118 cm³/mol. The molecule has 1 aromatic rings. The molecule has 0 bridgehead atoms. The van der Waals surface area contributed by atoms with Crippen molar-refractivity contribution in [3.05, 3.63) is 29.8 Å². The van der Waals surface area contributed by atoms with Crippen LogP contribution in [0.2, 0.25) is 0 Å². The van der Waals surface area contributed by atoms with E-state index >= 15 is 0 Å². The first-order valence-corrected chi connectivity index (χ1v) is 11.8. The fourth-order valence-corrected chi connectivity index (χ4v) is 5.84. The number of nitrogens with one attached hydrogen (secondary N) is 1. The number of anilines is 1. The number of nitriles is 1. The molecule has 1 N–H and O–H groups in total. The first-order valence-electron chi connectivity index (χ1n) is 10.7. The number of imide groups is 1. The standard InChI is InChI=1S/C22H25N5O4S/c1-25-21(31)26(20(30)22(25)9-3-2-4-10-22)12-18(28)27-14-32-13-17(27)19(29)24-16-7-5-15(11-23)6-8-16/h5-8,17H,2-4,9-10,12-14H2,1H3,(H,24,29). The van der Waals surface area contributed by atoms with Crippen LogP contribution >= 0.6 is 11.8 Å². The minimum atomic E-state index is -0.832. The number of hydrogen-bond donors (Lipinski definition) is 1. The highest BCUT2D eigenvalue weighted by Gasteiger charge is 2.56. The van der Waals surface area contributed by atoms with E-state index in [1.54, 1.807) is 31.3 Å². The van der Waals surface area contributed by atoms with Gasteiger partial charge in [0.05, 0.1) is 17.5 Å². The van der Waals surface area contributed by atoms with Gasteiger partial charge in [0.15, 0.2) is 0 Å². The fraction of sp³-hybridized carbons (Fsp3) is 0.500. The Hall–Kier alpha value is -3.06. The third-order valence-corrected chi connectivity index (χ3v) is 7.58. The number of thioether (sulfide) groups is 1. The van der Waals surface area contributed by atoms with Gasteiger partial charge in [-0.25, -0.2) is 4.79 Å². The van der Waals surface area contributed by atoms with E-state index in [1.807, 2.05) is 6.07 Å². The first-order chi connectivity index (χ1) is 15.4. The zero-order valence-electron chi connectivity index (χ0n) is 17.9. The van der Waals surface area contributed by atoms with E-state index in [0.29, 0.717) is 35.7 Å². The molecule has 2 aliphatic heterocycles. The summed E-state index contributed by atoms with van der Waals surface area (Å²) in [7, 11) is 1.63. The summed E-state index contributed by atoms with van der Waals surface area (Å²) < 4.78 is 0. The van der Waals surface area contributed by atoms with Crippen molar-refractivity contribution >= 4 is 41.2 Å². The van der Waals surface area contributed by atoms with Crippen LogP contribution in [0.3, 0.4) is 0 Å². The van der Waals surface area contributed by atoms with E-state index in [2.05, 4.69) is 5.32 Å². The monoisotopic (exact) mass is 455 g/mol. The van der Waals surface area contributed by atoms with E-state index in [9.17, 15) is 19.2 Å². The van der Waals surface area contributed by atoms with Gasteiger partial charge in [-0.3, -0.25) is 19.3 Å². The van der Waals surface area contributed by atoms with Crippen molar-refractivity contribution in [2.24, 2.45) is 0 Å². The zero-order valence-corrected chi connectivity index (χ0v) is 18.7. The number of carbonyl (C=O) groups excluding carboxylic acids is 4. The van der Waals surface area contributed by atoms with Gasteiger partial charge >= 0.3 is 6.03 Å². The molecule has 3 fully saturated rings. The second-order valence-electron chi connectivity index (χ2n) is 8.38. The minimum Gasteiger partial charge on any atom is -0.324 e. The van der Waals surface area contributed by atoms with Crippen LogP contribution < -0.4 is 5.32 Å². The summed E-state index contributed by atoms with van der Waals surface area (Å²) in [5, 5.41) is 11.7. The Bertz CT molecular complexity index is 983. The lowest BCUT2D eigenvalue weighted by Crippen LogP contribution is -2.51. The number of hydrogen-bond acceptors (Lipinski definition) is 6. The molecular formula is C22H25N5O4S. The Kier molecular flexibility index (Phi) is 6.11. The molecule has 4 rings (SSSR count). The van der Waals surface area contributed by atoms with Gasteiger partial charge in [0, 0.05) is 18.5 Å². The van der Waals surface area contributed by atoms with Crippen LogP contribution in [-0.4, -0.2) is 75.3 Å². The third-order valence-electron chi connectivity index (χ3n) is 6.56. The largest absolute Gasteiger partial charge is 0.327 e. The van der Waals surface area contributed by atoms with Crippen molar-refractivity contribution in [3.8, 4) is 6.07 Å². The maximum absolute atomic E-state index is 13.1. The Balaban J connectivity index is 1.43. The second kappa shape index (κ2) is 8.82. The smallest absolute Gasteiger partial charge is 0.324 e. The van der Waals surface area contributed by atoms with Gasteiger partial charge in [0.25, 0.3) is 5.91 Å². The van der Waals surface area contributed by atoms with E-state index in [4.69, 9.17) is 5.26 Å². The van der Waals surface area contributed by atoms with Crippen molar-refractivity contribution in [1.82, 2.24) is 14.7 Å². The average Bonchev–Trinajstić information content (AvgIpc) is 3.37. The second-order valence-corrected chi connectivity index (χ2v) is 9.38. The molecule has 0 radical (unpaired) electrons. The number of nitrogens with zero attached hydrogens (tertiary/aromatic N) is 4. The van der Waals surface area contributed by atoms with Crippen LogP contribution in [0, 0.1) is 11.3 Å². The molecule has 5 amide bonds. The molecule has 1 unspecified atom stereocenters. The van der Waals surface area contributed by atoms with Crippen molar-refractivity contribution in [2.75, 3.05) is 30.5 Å². The highest BCUT2D eigenvalue weighted by atomic mass is 32.2. The van der Waals surface area contributed by atoms with Crippen LogP contribution in [-0.2, 0) is 14.4 Å². The molecule has 168 valence electrons. The molecule has 2 heterocycles. The summed E-state index contributed by atoms with van der Waals surface area (Å²) in [6, 6.07) is 7.34. The molecule has 3 aliphatic rings. The molecule has 10 heteroatoms. The van der Waals surface area contributed by atoms with Gasteiger partial charge in [0.2, 0.25) is 11.8 Å². The lowest BCUT2D eigenvalue weighted by molar-refractivity contribution is -0.142. The van der Waals surface area contributed by atoms with E-state index in [0.717, 1.165) is 24.2 Å². The van der Waals surface area contributed by atoms with Crippen LogP contribution in [0.25, 0.3) is 0 Å². The molecule has 0 aromatic heterocycles. The fourth-order valence-electron chi connectivity index (χ4n) is 4.66. The van der Waals surface area contributed by atoms with Gasteiger partial charge in [-0.1, -0.05) is 19.3 Å². The van der Waals surface area contributed by atoms with Crippen LogP contribution in [0.1, 0.15) is 37.7 Å². The molecule has 1 aromatic carbocycles. The minimum absolute atomic E-state index is 0.302. The summed E-state index contributed by atoms with van der Waals surface area (Å²) >= 11 is 1.45. The van der Waals surface area contributed by atoms with Crippen LogP contribution in [0.4, 0.5) is 10.5 Å². The number of carbonyl (C=O) groups is 4. The average molecular weight is 456 g/mol. The molecular weight excluding hydrogens is 430 g/mol. The molecule has 1 saturated carbocycles. The van der Waals surface area contributed by atoms with Crippen LogP contribution in [0.15, 0.2) is 24.3 Å². The topological polar surface area (TPSA) is 114 Å². The summed E-state index contributed by atoms with van der Waals surface area (Å²) in [5.41, 5.74) is 0.183. The molecule has 1 spiro atoms. The Morgan fingerprint density at radius 3 is 2.53 bits per heavy atom. The molecule has 1 atom stereocenters. The SMILES string of the molecule is CN1C(=O)N(CC(=O)N2CSCC2C(=O)Nc2ccc(C#N)cc2)C(=O)C12CCCCC2. The Morgan fingerprint density at radius 1 is 1.19 bits per heavy atom. The number of amides is 5. The molecule has 1 aliphatic carbocycles. The van der Waals surface area contributed by atoms with Crippen molar-refractivity contribution in [3.63, 3.8) is 0 Å². The zero-order chi connectivity index (χ0) is 22.9. The maximum Gasteiger partial charge on any atom is 0.327 e. The van der Waals surface area contributed by atoms with Crippen molar-refractivity contribution in [1.29, 1.82) is 5.26 Å². The lowest BCUT2D eigenvalue weighted by atomic mass is 9.81. The summed E-state index contributed by atoms with van der Waals surface area (Å²) in [4.78, 5) is 55.8. The molecule has 2 saturated heterocycles. The lowest BCUT2D eigenvalue weighted by Gasteiger charge is -2.35. The third kappa shape index (κ3) is 3.81. The van der Waals surface area contributed by atoms with E-state index in [1.165, 1.54) is 21.6 Å². The summed E-state index contributed by atoms with van der Waals surface area (Å²) in [6.07, 6.45) is 4.04. The summed E-state index contributed by atoms with van der Waals surface area (Å²) in [6.45, 7) is -0.356.